The van der Waals surface area contributed by atoms with E-state index in [2.05, 4.69) is 16.1 Å². The van der Waals surface area contributed by atoms with Gasteiger partial charge in [0.1, 0.15) is 6.61 Å². The van der Waals surface area contributed by atoms with Crippen molar-refractivity contribution in [2.24, 2.45) is 23.2 Å². The average Bonchev–Trinajstić information content (AvgIpc) is 3.20. The number of halogens is 6. The highest BCUT2D eigenvalue weighted by Gasteiger charge is 2.76. The molecule has 0 radical (unpaired) electrons. The molecule has 0 aromatic rings. The van der Waals surface area contributed by atoms with Crippen LogP contribution in [0.25, 0.3) is 0 Å². The molecule has 26 heavy (non-hydrogen) atoms. The van der Waals surface area contributed by atoms with Crippen LogP contribution in [0.1, 0.15) is 44.9 Å². The topological polar surface area (TPSA) is 18.5 Å². The van der Waals surface area contributed by atoms with Crippen molar-refractivity contribution in [2.75, 3.05) is 13.2 Å². The summed E-state index contributed by atoms with van der Waals surface area (Å²) in [7, 11) is 0. The second-order valence-corrected chi connectivity index (χ2v) is 7.89. The molecule has 4 atom stereocenters. The summed E-state index contributed by atoms with van der Waals surface area (Å²) in [6, 6.07) is 0. The van der Waals surface area contributed by atoms with Gasteiger partial charge in [-0.1, -0.05) is 13.0 Å². The van der Waals surface area contributed by atoms with Gasteiger partial charge in [0.15, 0.2) is 0 Å². The lowest BCUT2D eigenvalue weighted by Gasteiger charge is -2.47. The largest absolute Gasteiger partial charge is 0.499 e. The van der Waals surface area contributed by atoms with Crippen LogP contribution in [0.5, 0.6) is 0 Å². The summed E-state index contributed by atoms with van der Waals surface area (Å²) in [5, 5.41) is 0. The van der Waals surface area contributed by atoms with Crippen molar-refractivity contribution >= 4 is 0 Å². The number of alkyl halides is 6. The Balaban J connectivity index is 1.93. The molecule has 3 aliphatic rings. The van der Waals surface area contributed by atoms with Gasteiger partial charge in [-0.25, -0.2) is 0 Å². The van der Waals surface area contributed by atoms with Crippen LogP contribution in [-0.2, 0) is 9.47 Å². The van der Waals surface area contributed by atoms with Gasteiger partial charge >= 0.3 is 12.4 Å². The van der Waals surface area contributed by atoms with Gasteiger partial charge < -0.3 is 9.47 Å². The first-order chi connectivity index (χ1) is 12.1. The van der Waals surface area contributed by atoms with E-state index in [-0.39, 0.29) is 17.8 Å². The summed E-state index contributed by atoms with van der Waals surface area (Å²) in [6.07, 6.45) is -6.86. The quantitative estimate of drug-likeness (QED) is 0.321. The van der Waals surface area contributed by atoms with Crippen LogP contribution in [0, 0.1) is 23.2 Å². The maximum atomic E-state index is 13.8. The van der Waals surface area contributed by atoms with Crippen LogP contribution in [0.15, 0.2) is 12.8 Å². The van der Waals surface area contributed by atoms with Crippen molar-refractivity contribution in [1.82, 2.24) is 0 Å². The third-order valence-corrected chi connectivity index (χ3v) is 6.91. The van der Waals surface area contributed by atoms with E-state index in [0.717, 1.165) is 31.9 Å². The van der Waals surface area contributed by atoms with Crippen LogP contribution in [0.3, 0.4) is 0 Å². The Morgan fingerprint density at radius 1 is 1.00 bits per heavy atom. The van der Waals surface area contributed by atoms with Gasteiger partial charge in [0.25, 0.3) is 5.60 Å². The Bertz CT molecular complexity index is 515. The van der Waals surface area contributed by atoms with E-state index in [0.29, 0.717) is 12.8 Å². The first-order valence-electron chi connectivity index (χ1n) is 9.07. The first-order valence-corrected chi connectivity index (χ1v) is 9.07. The molecule has 3 aliphatic carbocycles. The Morgan fingerprint density at radius 3 is 2.31 bits per heavy atom. The van der Waals surface area contributed by atoms with Crippen LogP contribution in [0.2, 0.25) is 0 Å². The highest BCUT2D eigenvalue weighted by atomic mass is 19.4. The van der Waals surface area contributed by atoms with Crippen LogP contribution in [-0.4, -0.2) is 31.2 Å². The fourth-order valence-corrected chi connectivity index (χ4v) is 5.99. The summed E-state index contributed by atoms with van der Waals surface area (Å²) in [5.74, 6) is 0.168. The molecule has 0 saturated heterocycles. The SMILES string of the molecule is C=COCCOC(CC12CCCC1C1CCC2C1)(C(F)(F)F)C(F)(F)F. The Labute approximate surface area is 148 Å². The monoisotopic (exact) mass is 386 g/mol. The van der Waals surface area contributed by atoms with Gasteiger partial charge in [-0.2, -0.15) is 26.3 Å². The molecule has 0 aliphatic heterocycles. The van der Waals surface area contributed by atoms with Gasteiger partial charge in [0.2, 0.25) is 0 Å². The van der Waals surface area contributed by atoms with Crippen LogP contribution in [0.4, 0.5) is 26.3 Å². The summed E-state index contributed by atoms with van der Waals surface area (Å²) in [5.41, 5.74) is -5.05. The fourth-order valence-electron chi connectivity index (χ4n) is 5.99. The summed E-state index contributed by atoms with van der Waals surface area (Å²) in [4.78, 5) is 0. The van der Waals surface area contributed by atoms with E-state index in [9.17, 15) is 26.3 Å². The molecular weight excluding hydrogens is 362 g/mol. The second-order valence-electron chi connectivity index (χ2n) is 7.89. The molecule has 3 saturated carbocycles. The van der Waals surface area contributed by atoms with Crippen molar-refractivity contribution in [3.63, 3.8) is 0 Å². The van der Waals surface area contributed by atoms with Gasteiger partial charge in [0, 0.05) is 6.42 Å². The van der Waals surface area contributed by atoms with E-state index in [1.165, 1.54) is 0 Å². The standard InChI is InChI=1S/C18H24F6O2/c1-2-25-8-9-26-16(17(19,20)21,18(22,23)24)11-15-7-3-4-14(15)12-5-6-13(15)10-12/h2,12-14H,1,3-11H2. The molecule has 8 heteroatoms. The zero-order valence-electron chi connectivity index (χ0n) is 14.5. The van der Waals surface area contributed by atoms with E-state index in [4.69, 9.17) is 0 Å². The number of rotatable bonds is 7. The lowest BCUT2D eigenvalue weighted by molar-refractivity contribution is -0.391. The third-order valence-electron chi connectivity index (χ3n) is 6.91. The normalized spacial score (nSPS) is 34.2. The molecular formula is C18H24F6O2. The van der Waals surface area contributed by atoms with Crippen LogP contribution >= 0.6 is 0 Å². The van der Waals surface area contributed by atoms with Gasteiger partial charge in [-0.3, -0.25) is 0 Å². The Morgan fingerprint density at radius 2 is 1.69 bits per heavy atom. The molecule has 2 bridgehead atoms. The zero-order chi connectivity index (χ0) is 19.2. The molecule has 2 nitrogen and oxygen atoms in total. The predicted molar refractivity (Wildman–Crippen MR) is 82.2 cm³/mol. The minimum absolute atomic E-state index is 0.0432. The molecule has 0 spiro atoms. The van der Waals surface area contributed by atoms with Crippen molar-refractivity contribution in [1.29, 1.82) is 0 Å². The molecule has 0 amide bonds. The van der Waals surface area contributed by atoms with Crippen molar-refractivity contribution in [3.8, 4) is 0 Å². The molecule has 0 N–H and O–H groups in total. The minimum Gasteiger partial charge on any atom is -0.499 e. The van der Waals surface area contributed by atoms with Gasteiger partial charge in [-0.15, -0.1) is 0 Å². The summed E-state index contributed by atoms with van der Waals surface area (Å²) < 4.78 is 92.2. The molecule has 4 unspecified atom stereocenters. The smallest absolute Gasteiger partial charge is 0.426 e. The Hall–Kier alpha value is -0.920. The highest BCUT2D eigenvalue weighted by Crippen LogP contribution is 2.70. The molecule has 0 aromatic carbocycles. The van der Waals surface area contributed by atoms with E-state index >= 15 is 0 Å². The van der Waals surface area contributed by atoms with Gasteiger partial charge in [-0.05, 0) is 55.3 Å². The van der Waals surface area contributed by atoms with Crippen molar-refractivity contribution in [3.05, 3.63) is 12.8 Å². The molecule has 3 rings (SSSR count). The molecule has 3 fully saturated rings. The highest BCUT2D eigenvalue weighted by molar-refractivity contribution is 5.13. The predicted octanol–water partition coefficient (Wildman–Crippen LogP) is 5.63. The number of fused-ring (bicyclic) bond motifs is 5. The average molecular weight is 386 g/mol. The zero-order valence-corrected chi connectivity index (χ0v) is 14.5. The van der Waals surface area contributed by atoms with Crippen molar-refractivity contribution < 1.29 is 35.8 Å². The number of hydrogen-bond acceptors (Lipinski definition) is 2. The minimum atomic E-state index is -5.54. The molecule has 0 aromatic heterocycles. The van der Waals surface area contributed by atoms with E-state index in [1.54, 1.807) is 0 Å². The first kappa shape index (κ1) is 19.8. The number of hydrogen-bond donors (Lipinski definition) is 0. The lowest BCUT2D eigenvalue weighted by Crippen LogP contribution is -2.62. The lowest BCUT2D eigenvalue weighted by atomic mass is 9.62. The van der Waals surface area contributed by atoms with E-state index < -0.39 is 43.0 Å². The molecule has 150 valence electrons. The molecule has 0 heterocycles. The third kappa shape index (κ3) is 2.92. The summed E-state index contributed by atoms with van der Waals surface area (Å²) in [6.45, 7) is 2.03. The van der Waals surface area contributed by atoms with E-state index in [1.807, 2.05) is 0 Å². The fraction of sp³-hybridized carbons (Fsp3) is 0.889. The maximum Gasteiger partial charge on any atom is 0.426 e. The van der Waals surface area contributed by atoms with Crippen molar-refractivity contribution in [2.45, 2.75) is 62.9 Å². The Kier molecular flexibility index (Phi) is 5.04. The number of ether oxygens (including phenoxy) is 2. The summed E-state index contributed by atoms with van der Waals surface area (Å²) >= 11 is 0. The second kappa shape index (κ2) is 6.60. The van der Waals surface area contributed by atoms with Gasteiger partial charge in [0.05, 0.1) is 12.9 Å². The maximum absolute atomic E-state index is 13.8. The van der Waals surface area contributed by atoms with Crippen LogP contribution < -0.4 is 0 Å².